The van der Waals surface area contributed by atoms with Gasteiger partial charge in [0.1, 0.15) is 22.7 Å². The summed E-state index contributed by atoms with van der Waals surface area (Å²) in [7, 11) is 0. The highest BCUT2D eigenvalue weighted by Crippen LogP contribution is 2.13. The Morgan fingerprint density at radius 2 is 1.64 bits per heavy atom. The van der Waals surface area contributed by atoms with Gasteiger partial charge < -0.3 is 14.2 Å². The van der Waals surface area contributed by atoms with Gasteiger partial charge in [-0.3, -0.25) is 10.1 Å². The molecule has 0 spiro atoms. The van der Waals surface area contributed by atoms with Crippen molar-refractivity contribution >= 4 is 46.3 Å². The number of halogens is 1. The van der Waals surface area contributed by atoms with Gasteiger partial charge in [-0.05, 0) is 52.0 Å². The van der Waals surface area contributed by atoms with E-state index in [1.54, 1.807) is 39.8 Å². The maximum Gasteiger partial charge on any atom is 0.412 e. The minimum Gasteiger partial charge on any atom is -0.461 e. The number of benzene rings is 1. The molecule has 0 radical (unpaired) electrons. The summed E-state index contributed by atoms with van der Waals surface area (Å²) in [4.78, 5) is 34.8. The van der Waals surface area contributed by atoms with E-state index in [-0.39, 0.29) is 23.1 Å². The number of hydrogen-bond acceptors (Lipinski definition) is 6. The highest BCUT2D eigenvalue weighted by molar-refractivity contribution is 14.1. The normalized spacial score (nSPS) is 12.0. The number of carbonyl (C=O) groups is 3. The fraction of sp³-hybridized carbons (Fsp3) is 0.471. The monoisotopic (exact) mass is 463 g/mol. The highest BCUT2D eigenvalue weighted by atomic mass is 127. The molecular formula is C17H22INO6. The molecule has 1 amide bonds. The van der Waals surface area contributed by atoms with Crippen LogP contribution in [0, 0.1) is 0 Å². The zero-order chi connectivity index (χ0) is 19.0. The van der Waals surface area contributed by atoms with E-state index in [4.69, 9.17) is 14.2 Å². The lowest BCUT2D eigenvalue weighted by Gasteiger charge is -2.19. The minimum atomic E-state index is -0.591. The first-order valence-electron chi connectivity index (χ1n) is 7.66. The van der Waals surface area contributed by atoms with Crippen molar-refractivity contribution in [3.8, 4) is 0 Å². The molecule has 1 atom stereocenters. The summed E-state index contributed by atoms with van der Waals surface area (Å²) in [6.07, 6.45) is -0.575. The van der Waals surface area contributed by atoms with Crippen LogP contribution in [0.3, 0.4) is 0 Å². The third kappa shape index (κ3) is 8.71. The zero-order valence-electron chi connectivity index (χ0n) is 14.6. The Hall–Kier alpha value is -1.84. The second-order valence-corrected chi connectivity index (χ2v) is 7.99. The van der Waals surface area contributed by atoms with Crippen LogP contribution in [-0.2, 0) is 19.0 Å². The lowest BCUT2D eigenvalue weighted by atomic mass is 10.2. The van der Waals surface area contributed by atoms with Gasteiger partial charge >= 0.3 is 18.0 Å². The Kier molecular flexibility index (Phi) is 8.14. The Balaban J connectivity index is 2.43. The summed E-state index contributed by atoms with van der Waals surface area (Å²) in [5.41, 5.74) is 0.228. The molecule has 1 unspecified atom stereocenters. The summed E-state index contributed by atoms with van der Waals surface area (Å²) in [6.45, 7) is 7.00. The standard InChI is InChI=1S/C17H22INO6/c1-11(18)14(20)23-9-10-24-15(21)12-5-7-13(8-6-12)19-16(22)25-17(2,3)4/h5-8,11H,9-10H2,1-4H3,(H,19,22). The Labute approximate surface area is 160 Å². The van der Waals surface area contributed by atoms with Crippen molar-refractivity contribution in [1.82, 2.24) is 0 Å². The van der Waals surface area contributed by atoms with Gasteiger partial charge in [0.05, 0.1) is 5.56 Å². The van der Waals surface area contributed by atoms with Gasteiger partial charge in [0.15, 0.2) is 0 Å². The molecule has 0 saturated carbocycles. The van der Waals surface area contributed by atoms with Crippen molar-refractivity contribution in [3.63, 3.8) is 0 Å². The van der Waals surface area contributed by atoms with Crippen LogP contribution >= 0.6 is 22.6 Å². The highest BCUT2D eigenvalue weighted by Gasteiger charge is 2.16. The van der Waals surface area contributed by atoms with Crippen LogP contribution in [0.2, 0.25) is 0 Å². The molecule has 0 fully saturated rings. The van der Waals surface area contributed by atoms with E-state index >= 15 is 0 Å². The molecule has 0 bridgehead atoms. The number of carbonyl (C=O) groups excluding carboxylic acids is 3. The fourth-order valence-corrected chi connectivity index (χ4v) is 1.77. The Morgan fingerprint density at radius 1 is 1.08 bits per heavy atom. The first-order chi connectivity index (χ1) is 11.6. The van der Waals surface area contributed by atoms with Crippen LogP contribution in [0.1, 0.15) is 38.1 Å². The quantitative estimate of drug-likeness (QED) is 0.228. The number of amides is 1. The molecule has 7 nitrogen and oxygen atoms in total. The van der Waals surface area contributed by atoms with E-state index in [0.717, 1.165) is 0 Å². The average Bonchev–Trinajstić information content (AvgIpc) is 2.49. The summed E-state index contributed by atoms with van der Waals surface area (Å²) in [5, 5.41) is 2.57. The van der Waals surface area contributed by atoms with Crippen LogP contribution < -0.4 is 5.32 Å². The molecule has 1 aromatic carbocycles. The van der Waals surface area contributed by atoms with Crippen molar-refractivity contribution in [2.75, 3.05) is 18.5 Å². The zero-order valence-corrected chi connectivity index (χ0v) is 16.8. The molecule has 1 rings (SSSR count). The van der Waals surface area contributed by atoms with Gasteiger partial charge in [-0.25, -0.2) is 9.59 Å². The molecule has 138 valence electrons. The van der Waals surface area contributed by atoms with E-state index in [0.29, 0.717) is 11.3 Å². The number of esters is 2. The molecular weight excluding hydrogens is 441 g/mol. The lowest BCUT2D eigenvalue weighted by molar-refractivity contribution is -0.143. The number of anilines is 1. The molecule has 25 heavy (non-hydrogen) atoms. The van der Waals surface area contributed by atoms with Crippen molar-refractivity contribution in [3.05, 3.63) is 29.8 Å². The van der Waals surface area contributed by atoms with Crippen LogP contribution in [0.5, 0.6) is 0 Å². The van der Waals surface area contributed by atoms with Crippen LogP contribution in [0.4, 0.5) is 10.5 Å². The number of nitrogens with one attached hydrogen (secondary N) is 1. The molecule has 8 heteroatoms. The first kappa shape index (κ1) is 21.2. The predicted octanol–water partition coefficient (Wildman–Crippen LogP) is 3.56. The largest absolute Gasteiger partial charge is 0.461 e. The molecule has 0 saturated heterocycles. The van der Waals surface area contributed by atoms with Crippen LogP contribution in [-0.4, -0.2) is 40.8 Å². The third-order valence-electron chi connectivity index (χ3n) is 2.65. The smallest absolute Gasteiger partial charge is 0.412 e. The van der Waals surface area contributed by atoms with Crippen LogP contribution in [0.15, 0.2) is 24.3 Å². The second-order valence-electron chi connectivity index (χ2n) is 6.12. The molecule has 0 aliphatic carbocycles. The van der Waals surface area contributed by atoms with E-state index in [9.17, 15) is 14.4 Å². The number of rotatable bonds is 6. The Morgan fingerprint density at radius 3 is 2.16 bits per heavy atom. The molecule has 1 N–H and O–H groups in total. The maximum absolute atomic E-state index is 11.9. The van der Waals surface area contributed by atoms with Crippen molar-refractivity contribution in [1.29, 1.82) is 0 Å². The summed E-state index contributed by atoms with van der Waals surface area (Å²) in [5.74, 6) is -0.892. The Bertz CT molecular complexity index is 607. The molecule has 0 aromatic heterocycles. The summed E-state index contributed by atoms with van der Waals surface area (Å²) in [6, 6.07) is 6.18. The van der Waals surface area contributed by atoms with Crippen LogP contribution in [0.25, 0.3) is 0 Å². The average molecular weight is 463 g/mol. The van der Waals surface area contributed by atoms with E-state index in [1.807, 2.05) is 22.6 Å². The van der Waals surface area contributed by atoms with Gasteiger partial charge in [-0.1, -0.05) is 22.6 Å². The van der Waals surface area contributed by atoms with E-state index < -0.39 is 17.7 Å². The predicted molar refractivity (Wildman–Crippen MR) is 101 cm³/mol. The van der Waals surface area contributed by atoms with Gasteiger partial charge in [0.2, 0.25) is 0 Å². The number of hydrogen-bond donors (Lipinski definition) is 1. The SMILES string of the molecule is CC(I)C(=O)OCCOC(=O)c1ccc(NC(=O)OC(C)(C)C)cc1. The summed E-state index contributed by atoms with van der Waals surface area (Å²) < 4.78 is 14.8. The van der Waals surface area contributed by atoms with E-state index in [2.05, 4.69) is 5.32 Å². The minimum absolute atomic E-state index is 0.0101. The topological polar surface area (TPSA) is 90.9 Å². The first-order valence-corrected chi connectivity index (χ1v) is 8.91. The fourth-order valence-electron chi connectivity index (χ4n) is 1.59. The van der Waals surface area contributed by atoms with Gasteiger partial charge in [0.25, 0.3) is 0 Å². The number of ether oxygens (including phenoxy) is 3. The van der Waals surface area contributed by atoms with Crippen molar-refractivity contribution in [2.24, 2.45) is 0 Å². The van der Waals surface area contributed by atoms with Gasteiger partial charge in [0, 0.05) is 5.69 Å². The van der Waals surface area contributed by atoms with Crippen molar-refractivity contribution in [2.45, 2.75) is 37.2 Å². The van der Waals surface area contributed by atoms with E-state index in [1.165, 1.54) is 12.1 Å². The van der Waals surface area contributed by atoms with Gasteiger partial charge in [-0.15, -0.1) is 0 Å². The maximum atomic E-state index is 11.9. The van der Waals surface area contributed by atoms with Gasteiger partial charge in [-0.2, -0.15) is 0 Å². The molecule has 0 aliphatic heterocycles. The third-order valence-corrected chi connectivity index (χ3v) is 3.16. The molecule has 0 aliphatic rings. The molecule has 1 aromatic rings. The number of alkyl halides is 1. The van der Waals surface area contributed by atoms with Crippen molar-refractivity contribution < 1.29 is 28.6 Å². The second kappa shape index (κ2) is 9.59. The molecule has 0 heterocycles. The summed E-state index contributed by atoms with van der Waals surface area (Å²) >= 11 is 1.94. The lowest BCUT2D eigenvalue weighted by Crippen LogP contribution is -2.27.